The van der Waals surface area contributed by atoms with E-state index in [1.165, 1.54) is 31.7 Å². The Kier molecular flexibility index (Phi) is 5.29. The first-order chi connectivity index (χ1) is 11.6. The van der Waals surface area contributed by atoms with Crippen molar-refractivity contribution < 1.29 is 14.3 Å². The fourth-order valence-corrected chi connectivity index (χ4v) is 4.02. The SMILES string of the molecule is Nc1cc(C(=O)OCC(=O)N2CCC[C@H]3CCCC[C@H]32)ccc1Cl. The number of amides is 1. The van der Waals surface area contributed by atoms with Gasteiger partial charge in [-0.3, -0.25) is 4.79 Å². The van der Waals surface area contributed by atoms with Gasteiger partial charge in [-0.2, -0.15) is 0 Å². The van der Waals surface area contributed by atoms with Crippen LogP contribution in [-0.2, 0) is 9.53 Å². The first-order valence-electron chi connectivity index (χ1n) is 8.58. The van der Waals surface area contributed by atoms with Crippen LogP contribution in [0.5, 0.6) is 0 Å². The Morgan fingerprint density at radius 1 is 1.21 bits per heavy atom. The van der Waals surface area contributed by atoms with Gasteiger partial charge >= 0.3 is 5.97 Å². The number of nitrogens with two attached hydrogens (primary N) is 1. The smallest absolute Gasteiger partial charge is 0.338 e. The highest BCUT2D eigenvalue weighted by atomic mass is 35.5. The third kappa shape index (κ3) is 3.66. The van der Waals surface area contributed by atoms with Crippen LogP contribution in [-0.4, -0.2) is 36.0 Å². The topological polar surface area (TPSA) is 72.6 Å². The molecular formula is C18H23ClN2O3. The molecule has 1 aliphatic heterocycles. The van der Waals surface area contributed by atoms with Crippen LogP contribution >= 0.6 is 11.6 Å². The van der Waals surface area contributed by atoms with Gasteiger partial charge in [0.1, 0.15) is 0 Å². The van der Waals surface area contributed by atoms with Gasteiger partial charge in [-0.15, -0.1) is 0 Å². The Labute approximate surface area is 147 Å². The van der Waals surface area contributed by atoms with Crippen LogP contribution in [0.3, 0.4) is 0 Å². The first kappa shape index (κ1) is 17.1. The van der Waals surface area contributed by atoms with E-state index in [-0.39, 0.29) is 12.5 Å². The zero-order valence-electron chi connectivity index (χ0n) is 13.7. The van der Waals surface area contributed by atoms with Gasteiger partial charge in [-0.25, -0.2) is 4.79 Å². The average Bonchev–Trinajstić information content (AvgIpc) is 2.61. The Morgan fingerprint density at radius 3 is 2.75 bits per heavy atom. The number of carbonyl (C=O) groups excluding carboxylic acids is 2. The van der Waals surface area contributed by atoms with E-state index in [0.29, 0.717) is 28.2 Å². The van der Waals surface area contributed by atoms with Gasteiger partial charge in [0.05, 0.1) is 16.3 Å². The minimum Gasteiger partial charge on any atom is -0.452 e. The molecule has 0 bridgehead atoms. The van der Waals surface area contributed by atoms with E-state index >= 15 is 0 Å². The lowest BCUT2D eigenvalue weighted by molar-refractivity contribution is -0.140. The third-order valence-electron chi connectivity index (χ3n) is 5.12. The van der Waals surface area contributed by atoms with Crippen LogP contribution in [0.1, 0.15) is 48.9 Å². The molecular weight excluding hydrogens is 328 g/mol. The number of esters is 1. The van der Waals surface area contributed by atoms with Crippen LogP contribution in [0.25, 0.3) is 0 Å². The van der Waals surface area contributed by atoms with Crippen molar-refractivity contribution in [1.82, 2.24) is 4.90 Å². The quantitative estimate of drug-likeness (QED) is 0.670. The van der Waals surface area contributed by atoms with Crippen LogP contribution in [0.4, 0.5) is 5.69 Å². The molecule has 2 fully saturated rings. The molecule has 6 heteroatoms. The second-order valence-corrected chi connectivity index (χ2v) is 7.06. The molecule has 1 saturated carbocycles. The minimum absolute atomic E-state index is 0.0955. The highest BCUT2D eigenvalue weighted by molar-refractivity contribution is 6.33. The van der Waals surface area contributed by atoms with Crippen molar-refractivity contribution >= 4 is 29.2 Å². The molecule has 0 unspecified atom stereocenters. The number of anilines is 1. The van der Waals surface area contributed by atoms with Crippen molar-refractivity contribution in [2.45, 2.75) is 44.6 Å². The number of piperidine rings is 1. The third-order valence-corrected chi connectivity index (χ3v) is 5.47. The van der Waals surface area contributed by atoms with E-state index in [4.69, 9.17) is 22.1 Å². The van der Waals surface area contributed by atoms with Crippen molar-refractivity contribution in [3.8, 4) is 0 Å². The molecule has 1 amide bonds. The minimum atomic E-state index is -0.552. The molecule has 130 valence electrons. The fourth-order valence-electron chi connectivity index (χ4n) is 3.90. The lowest BCUT2D eigenvalue weighted by atomic mass is 9.78. The number of ether oxygens (including phenoxy) is 1. The Morgan fingerprint density at radius 2 is 1.96 bits per heavy atom. The Hall–Kier alpha value is -1.75. The number of benzene rings is 1. The van der Waals surface area contributed by atoms with Crippen molar-refractivity contribution in [2.75, 3.05) is 18.9 Å². The van der Waals surface area contributed by atoms with Crippen molar-refractivity contribution in [3.63, 3.8) is 0 Å². The second kappa shape index (κ2) is 7.43. The summed E-state index contributed by atoms with van der Waals surface area (Å²) in [6, 6.07) is 4.88. The summed E-state index contributed by atoms with van der Waals surface area (Å²) in [4.78, 5) is 26.5. The monoisotopic (exact) mass is 350 g/mol. The lowest BCUT2D eigenvalue weighted by Gasteiger charge is -2.44. The molecule has 1 aromatic carbocycles. The molecule has 1 aromatic rings. The van der Waals surface area contributed by atoms with Gasteiger partial charge in [0, 0.05) is 12.6 Å². The van der Waals surface area contributed by atoms with Crippen molar-refractivity contribution in [3.05, 3.63) is 28.8 Å². The zero-order chi connectivity index (χ0) is 17.1. The second-order valence-electron chi connectivity index (χ2n) is 6.65. The number of hydrogen-bond donors (Lipinski definition) is 1. The molecule has 2 atom stereocenters. The van der Waals surface area contributed by atoms with E-state index in [2.05, 4.69) is 0 Å². The number of rotatable bonds is 3. The maximum atomic E-state index is 12.5. The van der Waals surface area contributed by atoms with Crippen molar-refractivity contribution in [2.24, 2.45) is 5.92 Å². The summed E-state index contributed by atoms with van der Waals surface area (Å²) >= 11 is 5.84. The summed E-state index contributed by atoms with van der Waals surface area (Å²) in [6.07, 6.45) is 6.95. The maximum absolute atomic E-state index is 12.5. The molecule has 1 heterocycles. The van der Waals surface area contributed by atoms with Crippen molar-refractivity contribution in [1.29, 1.82) is 0 Å². The Balaban J connectivity index is 1.58. The van der Waals surface area contributed by atoms with E-state index in [0.717, 1.165) is 19.4 Å². The maximum Gasteiger partial charge on any atom is 0.338 e. The average molecular weight is 351 g/mol. The molecule has 0 spiro atoms. The van der Waals surface area contributed by atoms with E-state index < -0.39 is 5.97 Å². The standard InChI is InChI=1S/C18H23ClN2O3/c19-14-8-7-13(10-15(14)20)18(23)24-11-17(22)21-9-3-5-12-4-1-2-6-16(12)21/h7-8,10,12,16H,1-6,9,11,20H2/t12-,16-/m1/s1. The molecule has 1 aliphatic carbocycles. The van der Waals surface area contributed by atoms with Crippen LogP contribution in [0, 0.1) is 5.92 Å². The highest BCUT2D eigenvalue weighted by Crippen LogP contribution is 2.35. The van der Waals surface area contributed by atoms with Gasteiger partial charge in [0.25, 0.3) is 5.91 Å². The molecule has 0 radical (unpaired) electrons. The van der Waals surface area contributed by atoms with Crippen LogP contribution in [0.2, 0.25) is 5.02 Å². The van der Waals surface area contributed by atoms with Gasteiger partial charge in [-0.05, 0) is 49.8 Å². The number of likely N-dealkylation sites (tertiary alicyclic amines) is 1. The van der Waals surface area contributed by atoms with Crippen LogP contribution in [0.15, 0.2) is 18.2 Å². The first-order valence-corrected chi connectivity index (χ1v) is 8.95. The highest BCUT2D eigenvalue weighted by Gasteiger charge is 2.35. The molecule has 1 saturated heterocycles. The molecule has 2 aliphatic rings. The van der Waals surface area contributed by atoms with Gasteiger partial charge in [0.2, 0.25) is 0 Å². The summed E-state index contributed by atoms with van der Waals surface area (Å²) in [7, 11) is 0. The lowest BCUT2D eigenvalue weighted by Crippen LogP contribution is -2.50. The van der Waals surface area contributed by atoms with Gasteiger partial charge < -0.3 is 15.4 Å². The molecule has 0 aromatic heterocycles. The number of hydrogen-bond acceptors (Lipinski definition) is 4. The predicted octanol–water partition coefficient (Wildman–Crippen LogP) is 3.26. The molecule has 2 N–H and O–H groups in total. The number of halogens is 1. The summed E-state index contributed by atoms with van der Waals surface area (Å²) in [5.41, 5.74) is 6.31. The molecule has 3 rings (SSSR count). The number of fused-ring (bicyclic) bond motifs is 1. The number of nitrogen functional groups attached to an aromatic ring is 1. The number of nitrogens with zero attached hydrogens (tertiary/aromatic N) is 1. The van der Waals surface area contributed by atoms with Gasteiger partial charge in [-0.1, -0.05) is 24.4 Å². The van der Waals surface area contributed by atoms with E-state index in [1.54, 1.807) is 12.1 Å². The summed E-state index contributed by atoms with van der Waals surface area (Å²) in [5, 5.41) is 0.388. The summed E-state index contributed by atoms with van der Waals surface area (Å²) in [5.74, 6) is -0.0333. The van der Waals surface area contributed by atoms with Gasteiger partial charge in [0.15, 0.2) is 6.61 Å². The zero-order valence-corrected chi connectivity index (χ0v) is 14.4. The number of carbonyl (C=O) groups is 2. The summed E-state index contributed by atoms with van der Waals surface area (Å²) < 4.78 is 5.19. The predicted molar refractivity (Wildman–Crippen MR) is 92.8 cm³/mol. The normalized spacial score (nSPS) is 23.5. The summed E-state index contributed by atoms with van der Waals surface area (Å²) in [6.45, 7) is 0.552. The van der Waals surface area contributed by atoms with E-state index in [9.17, 15) is 9.59 Å². The largest absolute Gasteiger partial charge is 0.452 e. The van der Waals surface area contributed by atoms with E-state index in [1.807, 2.05) is 4.90 Å². The Bertz CT molecular complexity index is 633. The van der Waals surface area contributed by atoms with Crippen LogP contribution < -0.4 is 5.73 Å². The molecule has 24 heavy (non-hydrogen) atoms. The fraction of sp³-hybridized carbons (Fsp3) is 0.556. The molecule has 5 nitrogen and oxygen atoms in total.